The van der Waals surface area contributed by atoms with Crippen molar-refractivity contribution in [1.29, 1.82) is 0 Å². The number of likely N-dealkylation sites (tertiary alicyclic amines) is 2. The van der Waals surface area contributed by atoms with Crippen LogP contribution in [-0.2, 0) is 4.79 Å². The summed E-state index contributed by atoms with van der Waals surface area (Å²) in [5, 5.41) is 8.61. The average molecular weight is 184 g/mol. The molecule has 2 saturated heterocycles. The van der Waals surface area contributed by atoms with Gasteiger partial charge in [-0.1, -0.05) is 0 Å². The van der Waals surface area contributed by atoms with Gasteiger partial charge in [-0.05, 0) is 25.9 Å². The van der Waals surface area contributed by atoms with Gasteiger partial charge in [-0.25, -0.2) is 0 Å². The van der Waals surface area contributed by atoms with Crippen molar-refractivity contribution in [2.75, 3.05) is 32.7 Å². The van der Waals surface area contributed by atoms with Crippen LogP contribution in [0.15, 0.2) is 0 Å². The molecule has 13 heavy (non-hydrogen) atoms. The SMILES string of the molecule is O=C(O)CN1CCC(N2CCC2)C1. The van der Waals surface area contributed by atoms with E-state index >= 15 is 0 Å². The van der Waals surface area contributed by atoms with Gasteiger partial charge in [0.1, 0.15) is 0 Å². The quantitative estimate of drug-likeness (QED) is 0.662. The molecule has 1 unspecified atom stereocenters. The lowest BCUT2D eigenvalue weighted by Gasteiger charge is -2.36. The van der Waals surface area contributed by atoms with Gasteiger partial charge in [0, 0.05) is 19.1 Å². The first-order valence-corrected chi connectivity index (χ1v) is 4.94. The zero-order valence-electron chi connectivity index (χ0n) is 7.78. The van der Waals surface area contributed by atoms with Gasteiger partial charge in [0.05, 0.1) is 6.54 Å². The summed E-state index contributed by atoms with van der Waals surface area (Å²) in [5.41, 5.74) is 0. The Bertz CT molecular complexity index is 204. The fraction of sp³-hybridized carbons (Fsp3) is 0.889. The highest BCUT2D eigenvalue weighted by Gasteiger charge is 2.30. The Balaban J connectivity index is 1.76. The lowest BCUT2D eigenvalue weighted by molar-refractivity contribution is -0.138. The van der Waals surface area contributed by atoms with Crippen molar-refractivity contribution >= 4 is 5.97 Å². The molecule has 4 nitrogen and oxygen atoms in total. The van der Waals surface area contributed by atoms with E-state index in [9.17, 15) is 4.79 Å². The Morgan fingerprint density at radius 2 is 2.15 bits per heavy atom. The second kappa shape index (κ2) is 3.64. The first kappa shape index (κ1) is 8.97. The summed E-state index contributed by atoms with van der Waals surface area (Å²) in [6, 6.07) is 0.632. The minimum atomic E-state index is -0.704. The predicted octanol–water partition coefficient (Wildman–Crippen LogP) is -0.149. The molecule has 1 atom stereocenters. The minimum Gasteiger partial charge on any atom is -0.480 e. The number of carboxylic acid groups (broad SMARTS) is 1. The number of aliphatic carboxylic acids is 1. The molecule has 0 bridgehead atoms. The fourth-order valence-electron chi connectivity index (χ4n) is 2.15. The zero-order valence-corrected chi connectivity index (χ0v) is 7.78. The van der Waals surface area contributed by atoms with E-state index < -0.39 is 5.97 Å². The van der Waals surface area contributed by atoms with Crippen LogP contribution in [0.1, 0.15) is 12.8 Å². The molecule has 4 heteroatoms. The number of hydrogen-bond acceptors (Lipinski definition) is 3. The highest BCUT2D eigenvalue weighted by atomic mass is 16.4. The summed E-state index contributed by atoms with van der Waals surface area (Å²) in [5.74, 6) is -0.704. The van der Waals surface area contributed by atoms with Crippen LogP contribution in [0, 0.1) is 0 Å². The predicted molar refractivity (Wildman–Crippen MR) is 48.7 cm³/mol. The highest BCUT2D eigenvalue weighted by Crippen LogP contribution is 2.20. The maximum atomic E-state index is 10.5. The lowest BCUT2D eigenvalue weighted by atomic mass is 10.1. The molecule has 2 aliphatic rings. The molecule has 0 radical (unpaired) electrons. The molecular formula is C9H16N2O2. The van der Waals surface area contributed by atoms with Crippen LogP contribution >= 0.6 is 0 Å². The molecule has 2 heterocycles. The van der Waals surface area contributed by atoms with Gasteiger partial charge in [-0.15, -0.1) is 0 Å². The van der Waals surface area contributed by atoms with Crippen LogP contribution < -0.4 is 0 Å². The van der Waals surface area contributed by atoms with Crippen LogP contribution in [0.2, 0.25) is 0 Å². The molecule has 0 spiro atoms. The number of carbonyl (C=O) groups is 1. The van der Waals surface area contributed by atoms with E-state index in [4.69, 9.17) is 5.11 Å². The third-order valence-electron chi connectivity index (χ3n) is 3.01. The van der Waals surface area contributed by atoms with E-state index in [0.29, 0.717) is 6.04 Å². The zero-order chi connectivity index (χ0) is 9.26. The Kier molecular flexibility index (Phi) is 2.51. The van der Waals surface area contributed by atoms with E-state index in [0.717, 1.165) is 19.5 Å². The number of nitrogens with zero attached hydrogens (tertiary/aromatic N) is 2. The Morgan fingerprint density at radius 1 is 1.38 bits per heavy atom. The van der Waals surface area contributed by atoms with Gasteiger partial charge in [0.15, 0.2) is 0 Å². The molecule has 0 aromatic rings. The average Bonchev–Trinajstić information content (AvgIpc) is 2.31. The Labute approximate surface area is 78.1 Å². The van der Waals surface area contributed by atoms with Crippen molar-refractivity contribution in [2.24, 2.45) is 0 Å². The lowest BCUT2D eigenvalue weighted by Crippen LogP contribution is -2.46. The molecule has 2 aliphatic heterocycles. The third kappa shape index (κ3) is 2.00. The monoisotopic (exact) mass is 184 g/mol. The maximum Gasteiger partial charge on any atom is 0.317 e. The largest absolute Gasteiger partial charge is 0.480 e. The minimum absolute atomic E-state index is 0.213. The number of hydrogen-bond donors (Lipinski definition) is 1. The standard InChI is InChI=1S/C9H16N2O2/c12-9(13)7-10-5-2-8(6-10)11-3-1-4-11/h8H,1-7H2,(H,12,13). The van der Waals surface area contributed by atoms with E-state index in [2.05, 4.69) is 4.90 Å². The fourth-order valence-corrected chi connectivity index (χ4v) is 2.15. The van der Waals surface area contributed by atoms with Crippen LogP contribution in [0.5, 0.6) is 0 Å². The van der Waals surface area contributed by atoms with E-state index in [1.807, 2.05) is 4.90 Å². The molecule has 0 amide bonds. The van der Waals surface area contributed by atoms with Gasteiger partial charge < -0.3 is 5.11 Å². The van der Waals surface area contributed by atoms with Gasteiger partial charge in [0.25, 0.3) is 0 Å². The molecule has 0 aromatic carbocycles. The normalized spacial score (nSPS) is 30.3. The van der Waals surface area contributed by atoms with Gasteiger partial charge >= 0.3 is 5.97 Å². The second-order valence-corrected chi connectivity index (χ2v) is 3.96. The van der Waals surface area contributed by atoms with Gasteiger partial charge in [0.2, 0.25) is 0 Å². The topological polar surface area (TPSA) is 43.8 Å². The van der Waals surface area contributed by atoms with Crippen molar-refractivity contribution < 1.29 is 9.90 Å². The van der Waals surface area contributed by atoms with Crippen molar-refractivity contribution in [3.63, 3.8) is 0 Å². The summed E-state index contributed by atoms with van der Waals surface area (Å²) in [6.07, 6.45) is 2.46. The summed E-state index contributed by atoms with van der Waals surface area (Å²) >= 11 is 0. The van der Waals surface area contributed by atoms with Crippen molar-refractivity contribution in [2.45, 2.75) is 18.9 Å². The molecular weight excluding hydrogens is 168 g/mol. The summed E-state index contributed by atoms with van der Waals surface area (Å²) in [7, 11) is 0. The molecule has 0 aromatic heterocycles. The maximum absolute atomic E-state index is 10.5. The first-order valence-electron chi connectivity index (χ1n) is 4.94. The number of rotatable bonds is 3. The van der Waals surface area contributed by atoms with Crippen LogP contribution in [-0.4, -0.2) is 59.6 Å². The smallest absolute Gasteiger partial charge is 0.317 e. The first-order chi connectivity index (χ1) is 6.25. The molecule has 2 rings (SSSR count). The van der Waals surface area contributed by atoms with Gasteiger partial charge in [-0.2, -0.15) is 0 Å². The van der Waals surface area contributed by atoms with Crippen LogP contribution in [0.25, 0.3) is 0 Å². The van der Waals surface area contributed by atoms with Crippen molar-refractivity contribution in [3.8, 4) is 0 Å². The number of carboxylic acids is 1. The van der Waals surface area contributed by atoms with Crippen LogP contribution in [0.3, 0.4) is 0 Å². The van der Waals surface area contributed by atoms with Gasteiger partial charge in [-0.3, -0.25) is 14.6 Å². The summed E-state index contributed by atoms with van der Waals surface area (Å²) < 4.78 is 0. The molecule has 1 N–H and O–H groups in total. The summed E-state index contributed by atoms with van der Waals surface area (Å²) in [4.78, 5) is 15.0. The third-order valence-corrected chi connectivity index (χ3v) is 3.01. The van der Waals surface area contributed by atoms with E-state index in [1.54, 1.807) is 0 Å². The Morgan fingerprint density at radius 3 is 2.69 bits per heavy atom. The molecule has 74 valence electrons. The Hall–Kier alpha value is -0.610. The van der Waals surface area contributed by atoms with E-state index in [1.165, 1.54) is 19.5 Å². The molecule has 2 fully saturated rings. The molecule has 0 aliphatic carbocycles. The second-order valence-electron chi connectivity index (χ2n) is 3.96. The highest BCUT2D eigenvalue weighted by molar-refractivity contribution is 5.69. The molecule has 0 saturated carbocycles. The summed E-state index contributed by atoms with van der Waals surface area (Å²) in [6.45, 7) is 4.54. The van der Waals surface area contributed by atoms with Crippen LogP contribution in [0.4, 0.5) is 0 Å². The van der Waals surface area contributed by atoms with Crippen molar-refractivity contribution in [1.82, 2.24) is 9.80 Å². The van der Waals surface area contributed by atoms with E-state index in [-0.39, 0.29) is 6.54 Å². The van der Waals surface area contributed by atoms with Crippen molar-refractivity contribution in [3.05, 3.63) is 0 Å².